The molecule has 0 saturated heterocycles. The van der Waals surface area contributed by atoms with Crippen LogP contribution in [0.3, 0.4) is 0 Å². The van der Waals surface area contributed by atoms with Crippen LogP contribution in [0.15, 0.2) is 63.5 Å². The Labute approximate surface area is 143 Å². The molecule has 0 aliphatic rings. The van der Waals surface area contributed by atoms with Crippen LogP contribution in [0.2, 0.25) is 0 Å². The van der Waals surface area contributed by atoms with Crippen molar-refractivity contribution in [2.75, 3.05) is 0 Å². The highest BCUT2D eigenvalue weighted by molar-refractivity contribution is 5.54. The summed E-state index contributed by atoms with van der Waals surface area (Å²) in [4.78, 5) is 8.84. The van der Waals surface area contributed by atoms with Gasteiger partial charge >= 0.3 is 0 Å². The average molecular weight is 335 g/mol. The zero-order valence-electron chi connectivity index (χ0n) is 13.4. The van der Waals surface area contributed by atoms with Crippen LogP contribution >= 0.6 is 0 Å². The van der Waals surface area contributed by atoms with Crippen LogP contribution in [-0.4, -0.2) is 15.1 Å². The predicted octanol–water partition coefficient (Wildman–Crippen LogP) is 4.43. The Balaban J connectivity index is 1.58. The van der Waals surface area contributed by atoms with Crippen molar-refractivity contribution in [3.05, 3.63) is 77.7 Å². The predicted molar refractivity (Wildman–Crippen MR) is 89.2 cm³/mol. The van der Waals surface area contributed by atoms with E-state index in [0.717, 1.165) is 11.3 Å². The van der Waals surface area contributed by atoms with Crippen LogP contribution in [0, 0.1) is 12.7 Å². The molecule has 0 unspecified atom stereocenters. The minimum absolute atomic E-state index is 0.277. The molecule has 0 N–H and O–H groups in total. The fraction of sp³-hybridized carbons (Fsp3) is 0.105. The normalized spacial score (nSPS) is 11.0. The summed E-state index contributed by atoms with van der Waals surface area (Å²) in [6.45, 7) is 1.85. The number of hydrogen-bond acceptors (Lipinski definition) is 5. The molecule has 0 bridgehead atoms. The summed E-state index contributed by atoms with van der Waals surface area (Å²) in [5, 5.41) is 3.95. The molecule has 0 radical (unpaired) electrons. The number of rotatable bonds is 4. The molecule has 124 valence electrons. The lowest BCUT2D eigenvalue weighted by atomic mass is 10.2. The molecule has 0 atom stereocenters. The van der Waals surface area contributed by atoms with E-state index >= 15 is 0 Å². The topological polar surface area (TPSA) is 65.0 Å². The van der Waals surface area contributed by atoms with E-state index in [4.69, 9.17) is 8.94 Å². The lowest BCUT2D eigenvalue weighted by molar-refractivity contribution is 0.423. The Bertz CT molecular complexity index is 1010. The number of oxazole rings is 1. The standard InChI is InChI=1S/C19H14FN3O2/c1-12-16(21-18(24-12)13-6-3-2-4-7-13)11-17-22-19(25-23-17)14-8-5-9-15(20)10-14/h2-10H,11H2,1H3. The van der Waals surface area contributed by atoms with E-state index in [-0.39, 0.29) is 11.7 Å². The number of aromatic nitrogens is 3. The lowest BCUT2D eigenvalue weighted by Gasteiger charge is -1.93. The number of aryl methyl sites for hydroxylation is 1. The zero-order chi connectivity index (χ0) is 17.2. The maximum absolute atomic E-state index is 13.3. The maximum Gasteiger partial charge on any atom is 0.258 e. The van der Waals surface area contributed by atoms with Crippen molar-refractivity contribution in [1.29, 1.82) is 0 Å². The fourth-order valence-electron chi connectivity index (χ4n) is 2.51. The van der Waals surface area contributed by atoms with Gasteiger partial charge in [-0.05, 0) is 37.3 Å². The Hall–Kier alpha value is -3.28. The molecule has 6 heteroatoms. The van der Waals surface area contributed by atoms with Gasteiger partial charge in [0.2, 0.25) is 5.89 Å². The number of halogens is 1. The molecular formula is C19H14FN3O2. The van der Waals surface area contributed by atoms with Crippen molar-refractivity contribution in [2.45, 2.75) is 13.3 Å². The third kappa shape index (κ3) is 3.19. The third-order valence-electron chi connectivity index (χ3n) is 3.78. The van der Waals surface area contributed by atoms with Gasteiger partial charge in [0.25, 0.3) is 5.89 Å². The highest BCUT2D eigenvalue weighted by Gasteiger charge is 2.16. The van der Waals surface area contributed by atoms with Gasteiger partial charge in [0.1, 0.15) is 11.6 Å². The molecule has 0 saturated carbocycles. The minimum Gasteiger partial charge on any atom is -0.441 e. The molecule has 0 aliphatic carbocycles. The molecule has 2 aromatic carbocycles. The van der Waals surface area contributed by atoms with Gasteiger partial charge in [-0.1, -0.05) is 29.4 Å². The summed E-state index contributed by atoms with van der Waals surface area (Å²) in [5.41, 5.74) is 2.19. The van der Waals surface area contributed by atoms with Gasteiger partial charge in [0.05, 0.1) is 12.1 Å². The van der Waals surface area contributed by atoms with Crippen molar-refractivity contribution in [1.82, 2.24) is 15.1 Å². The van der Waals surface area contributed by atoms with E-state index in [1.54, 1.807) is 12.1 Å². The van der Waals surface area contributed by atoms with Crippen LogP contribution in [0.25, 0.3) is 22.9 Å². The van der Waals surface area contributed by atoms with Crippen molar-refractivity contribution in [3.8, 4) is 22.9 Å². The van der Waals surface area contributed by atoms with E-state index in [9.17, 15) is 4.39 Å². The highest BCUT2D eigenvalue weighted by Crippen LogP contribution is 2.23. The van der Waals surface area contributed by atoms with Gasteiger partial charge in [-0.25, -0.2) is 9.37 Å². The van der Waals surface area contributed by atoms with E-state index in [1.807, 2.05) is 37.3 Å². The summed E-state index contributed by atoms with van der Waals surface area (Å²) >= 11 is 0. The molecule has 0 amide bonds. The smallest absolute Gasteiger partial charge is 0.258 e. The van der Waals surface area contributed by atoms with Crippen LogP contribution in [0.5, 0.6) is 0 Å². The Morgan fingerprint density at radius 2 is 1.72 bits per heavy atom. The fourth-order valence-corrected chi connectivity index (χ4v) is 2.51. The number of hydrogen-bond donors (Lipinski definition) is 0. The number of nitrogens with zero attached hydrogens (tertiary/aromatic N) is 3. The SMILES string of the molecule is Cc1oc(-c2ccccc2)nc1Cc1noc(-c2cccc(F)c2)n1. The van der Waals surface area contributed by atoms with Crippen LogP contribution in [0.1, 0.15) is 17.3 Å². The monoisotopic (exact) mass is 335 g/mol. The van der Waals surface area contributed by atoms with Crippen molar-refractivity contribution < 1.29 is 13.3 Å². The van der Waals surface area contributed by atoms with E-state index < -0.39 is 0 Å². The molecule has 5 nitrogen and oxygen atoms in total. The largest absolute Gasteiger partial charge is 0.441 e. The van der Waals surface area contributed by atoms with Gasteiger partial charge in [0.15, 0.2) is 5.82 Å². The van der Waals surface area contributed by atoms with Gasteiger partial charge in [-0.15, -0.1) is 0 Å². The van der Waals surface area contributed by atoms with E-state index in [0.29, 0.717) is 29.5 Å². The van der Waals surface area contributed by atoms with Crippen LogP contribution < -0.4 is 0 Å². The molecule has 0 fully saturated rings. The summed E-state index contributed by atoms with van der Waals surface area (Å²) in [7, 11) is 0. The number of benzene rings is 2. The van der Waals surface area contributed by atoms with E-state index in [2.05, 4.69) is 15.1 Å². The van der Waals surface area contributed by atoms with Gasteiger partial charge in [0, 0.05) is 11.1 Å². The third-order valence-corrected chi connectivity index (χ3v) is 3.78. The first-order valence-corrected chi connectivity index (χ1v) is 7.79. The summed E-state index contributed by atoms with van der Waals surface area (Å²) in [6.07, 6.45) is 0.376. The summed E-state index contributed by atoms with van der Waals surface area (Å²) in [5.74, 6) is 1.66. The van der Waals surface area contributed by atoms with Crippen LogP contribution in [0.4, 0.5) is 4.39 Å². The first kappa shape index (κ1) is 15.3. The second-order valence-electron chi connectivity index (χ2n) is 5.59. The van der Waals surface area contributed by atoms with Gasteiger partial charge in [-0.3, -0.25) is 0 Å². The second-order valence-corrected chi connectivity index (χ2v) is 5.59. The molecule has 2 aromatic heterocycles. The Kier molecular flexibility index (Phi) is 3.85. The second kappa shape index (κ2) is 6.32. The average Bonchev–Trinajstić information content (AvgIpc) is 3.24. The molecule has 4 rings (SSSR count). The summed E-state index contributed by atoms with van der Waals surface area (Å²) in [6, 6.07) is 15.7. The first-order valence-electron chi connectivity index (χ1n) is 7.79. The molecule has 0 aliphatic heterocycles. The van der Waals surface area contributed by atoms with Crippen LogP contribution in [-0.2, 0) is 6.42 Å². The maximum atomic E-state index is 13.3. The van der Waals surface area contributed by atoms with Gasteiger partial charge < -0.3 is 8.94 Å². The molecule has 0 spiro atoms. The molecular weight excluding hydrogens is 321 g/mol. The van der Waals surface area contributed by atoms with Crippen molar-refractivity contribution in [2.24, 2.45) is 0 Å². The molecule has 4 aromatic rings. The Morgan fingerprint density at radius 1 is 0.920 bits per heavy atom. The first-order chi connectivity index (χ1) is 12.2. The zero-order valence-corrected chi connectivity index (χ0v) is 13.4. The van der Waals surface area contributed by atoms with Crippen molar-refractivity contribution in [3.63, 3.8) is 0 Å². The van der Waals surface area contributed by atoms with Gasteiger partial charge in [-0.2, -0.15) is 4.98 Å². The summed E-state index contributed by atoms with van der Waals surface area (Å²) < 4.78 is 24.3. The molecule has 2 heterocycles. The Morgan fingerprint density at radius 3 is 2.52 bits per heavy atom. The van der Waals surface area contributed by atoms with E-state index in [1.165, 1.54) is 12.1 Å². The minimum atomic E-state index is -0.350. The lowest BCUT2D eigenvalue weighted by Crippen LogP contribution is -1.93. The van der Waals surface area contributed by atoms with Crippen molar-refractivity contribution >= 4 is 0 Å². The quantitative estimate of drug-likeness (QED) is 0.552. The highest BCUT2D eigenvalue weighted by atomic mass is 19.1. The molecule has 25 heavy (non-hydrogen) atoms.